The Balaban J connectivity index is 0.00000484. The van der Waals surface area contributed by atoms with Gasteiger partial charge in [0.15, 0.2) is 11.5 Å². The van der Waals surface area contributed by atoms with E-state index in [9.17, 15) is 19.5 Å². The molecule has 12 heteroatoms. The minimum atomic E-state index is -0.891. The van der Waals surface area contributed by atoms with E-state index < -0.39 is 12.0 Å². The van der Waals surface area contributed by atoms with Gasteiger partial charge in [0.05, 0.1) is 30.1 Å². The molecule has 1 N–H and O–H groups in total. The number of amides is 3. The van der Waals surface area contributed by atoms with Crippen LogP contribution in [-0.2, 0) is 16.1 Å². The molecule has 1 saturated carbocycles. The van der Waals surface area contributed by atoms with Crippen molar-refractivity contribution in [2.45, 2.75) is 51.1 Å². The van der Waals surface area contributed by atoms with Crippen molar-refractivity contribution in [2.75, 3.05) is 40.4 Å². The van der Waals surface area contributed by atoms with Crippen LogP contribution < -0.4 is 9.47 Å². The van der Waals surface area contributed by atoms with Gasteiger partial charge in [-0.25, -0.2) is 4.79 Å². The van der Waals surface area contributed by atoms with Crippen LogP contribution in [0.3, 0.4) is 0 Å². The summed E-state index contributed by atoms with van der Waals surface area (Å²) in [6.07, 6.45) is 5.75. The van der Waals surface area contributed by atoms with Gasteiger partial charge in [0.1, 0.15) is 13.2 Å². The zero-order chi connectivity index (χ0) is 29.5. The van der Waals surface area contributed by atoms with E-state index >= 15 is 0 Å². The number of likely N-dealkylation sites (N-methyl/N-ethyl adjacent to an activating group) is 1. The van der Waals surface area contributed by atoms with E-state index in [2.05, 4.69) is 4.90 Å². The Hall–Kier alpha value is -2.72. The highest BCUT2D eigenvalue weighted by atomic mass is 35.5. The maximum atomic E-state index is 12.1. The zero-order valence-electron chi connectivity index (χ0n) is 23.9. The van der Waals surface area contributed by atoms with E-state index in [-0.39, 0.29) is 50.5 Å². The SMILES string of the molecule is COc1cc(CN(CC2CCCCC2)[C@@H](CC(=O)O)c2ccc(Cl)c(Cl)c2)ccc1OCCN1C(=O)CN(C)C1=O.Cl. The summed E-state index contributed by atoms with van der Waals surface area (Å²) in [5.74, 6) is 0.341. The third kappa shape index (κ3) is 8.66. The number of methoxy groups -OCH3 is 1. The fraction of sp³-hybridized carbons (Fsp3) is 0.500. The van der Waals surface area contributed by atoms with Crippen LogP contribution in [0.2, 0.25) is 10.0 Å². The number of hydrogen-bond acceptors (Lipinski definition) is 6. The van der Waals surface area contributed by atoms with Gasteiger partial charge in [0.25, 0.3) is 0 Å². The van der Waals surface area contributed by atoms with Crippen LogP contribution in [0.5, 0.6) is 11.5 Å². The molecule has 1 aliphatic carbocycles. The molecule has 0 aromatic heterocycles. The number of carbonyl (C=O) groups is 3. The number of nitrogens with zero attached hydrogens (tertiary/aromatic N) is 3. The van der Waals surface area contributed by atoms with E-state index in [0.717, 1.165) is 30.5 Å². The van der Waals surface area contributed by atoms with Crippen molar-refractivity contribution in [1.82, 2.24) is 14.7 Å². The number of aliphatic carboxylic acids is 1. The molecule has 0 unspecified atom stereocenters. The molecule has 0 radical (unpaired) electrons. The highest BCUT2D eigenvalue weighted by Crippen LogP contribution is 2.35. The van der Waals surface area contributed by atoms with Crippen molar-refractivity contribution in [3.8, 4) is 11.5 Å². The number of benzene rings is 2. The van der Waals surface area contributed by atoms with Gasteiger partial charge in [-0.05, 0) is 54.2 Å². The lowest BCUT2D eigenvalue weighted by Gasteiger charge is -2.36. The summed E-state index contributed by atoms with van der Waals surface area (Å²) in [6.45, 7) is 1.59. The average Bonchev–Trinajstić information content (AvgIpc) is 3.19. The van der Waals surface area contributed by atoms with Crippen LogP contribution in [0.1, 0.15) is 55.7 Å². The summed E-state index contributed by atoms with van der Waals surface area (Å²) in [6, 6.07) is 10.2. The Morgan fingerprint density at radius 2 is 1.81 bits per heavy atom. The maximum Gasteiger partial charge on any atom is 0.327 e. The van der Waals surface area contributed by atoms with E-state index in [0.29, 0.717) is 34.0 Å². The minimum absolute atomic E-state index is 0. The van der Waals surface area contributed by atoms with Gasteiger partial charge in [0.2, 0.25) is 5.91 Å². The van der Waals surface area contributed by atoms with Crippen LogP contribution in [0.15, 0.2) is 36.4 Å². The summed E-state index contributed by atoms with van der Waals surface area (Å²) in [7, 11) is 3.14. The van der Waals surface area contributed by atoms with E-state index in [1.165, 1.54) is 29.1 Å². The number of ether oxygens (including phenoxy) is 2. The molecule has 3 amide bonds. The second-order valence-corrected chi connectivity index (χ2v) is 11.6. The van der Waals surface area contributed by atoms with Crippen molar-refractivity contribution in [3.05, 3.63) is 57.6 Å². The highest BCUT2D eigenvalue weighted by molar-refractivity contribution is 6.42. The predicted octanol–water partition coefficient (Wildman–Crippen LogP) is 6.29. The van der Waals surface area contributed by atoms with Gasteiger partial charge in [0, 0.05) is 26.2 Å². The summed E-state index contributed by atoms with van der Waals surface area (Å²) in [5.41, 5.74) is 1.74. The van der Waals surface area contributed by atoms with Gasteiger partial charge in [-0.3, -0.25) is 19.4 Å². The number of rotatable bonds is 13. The first kappa shape index (κ1) is 33.8. The second kappa shape index (κ2) is 15.7. The standard InChI is InChI=1S/C30H37Cl2N3O6.ClH/c1-33-19-28(36)35(30(33)39)12-13-41-26-11-8-21(14-27(26)40-2)18-34(17-20-6-4-3-5-7-20)25(16-29(37)38)22-9-10-23(31)24(32)15-22;/h8-11,14-15,20,25H,3-7,12-13,16-19H2,1-2H3,(H,37,38);1H/t25-;/m0./s1. The Labute approximate surface area is 263 Å². The van der Waals surface area contributed by atoms with Crippen LogP contribution in [0.4, 0.5) is 4.79 Å². The first-order valence-corrected chi connectivity index (χ1v) is 14.7. The Bertz CT molecular complexity index is 1260. The largest absolute Gasteiger partial charge is 0.493 e. The fourth-order valence-corrected chi connectivity index (χ4v) is 5.95. The number of urea groups is 1. The molecule has 1 saturated heterocycles. The van der Waals surface area contributed by atoms with Crippen LogP contribution in [0, 0.1) is 5.92 Å². The molecule has 230 valence electrons. The van der Waals surface area contributed by atoms with Gasteiger partial charge in [-0.15, -0.1) is 12.4 Å². The third-order valence-electron chi connectivity index (χ3n) is 7.77. The maximum absolute atomic E-state index is 12.1. The van der Waals surface area contributed by atoms with Gasteiger partial charge >= 0.3 is 12.0 Å². The molecule has 1 aliphatic heterocycles. The molecule has 1 atom stereocenters. The number of imide groups is 1. The Morgan fingerprint density at radius 1 is 1.07 bits per heavy atom. The minimum Gasteiger partial charge on any atom is -0.493 e. The van der Waals surface area contributed by atoms with Crippen LogP contribution >= 0.6 is 35.6 Å². The number of carboxylic acids is 1. The van der Waals surface area contributed by atoms with Crippen LogP contribution in [0.25, 0.3) is 0 Å². The lowest BCUT2D eigenvalue weighted by atomic mass is 9.88. The van der Waals surface area contributed by atoms with E-state index in [4.69, 9.17) is 32.7 Å². The van der Waals surface area contributed by atoms with Crippen molar-refractivity contribution in [2.24, 2.45) is 5.92 Å². The lowest BCUT2D eigenvalue weighted by Crippen LogP contribution is -2.35. The molecule has 2 aliphatic rings. The van der Waals surface area contributed by atoms with E-state index in [1.807, 2.05) is 18.2 Å². The lowest BCUT2D eigenvalue weighted by molar-refractivity contribution is -0.138. The first-order chi connectivity index (χ1) is 19.7. The number of carbonyl (C=O) groups excluding carboxylic acids is 2. The van der Waals surface area contributed by atoms with Gasteiger partial charge < -0.3 is 19.5 Å². The van der Waals surface area contributed by atoms with Crippen molar-refractivity contribution in [1.29, 1.82) is 0 Å². The summed E-state index contributed by atoms with van der Waals surface area (Å²) < 4.78 is 11.5. The molecule has 4 rings (SSSR count). The van der Waals surface area contributed by atoms with Gasteiger partial charge in [-0.1, -0.05) is 54.6 Å². The summed E-state index contributed by atoms with van der Waals surface area (Å²) in [4.78, 5) is 40.9. The topological polar surface area (TPSA) is 99.6 Å². The fourth-order valence-electron chi connectivity index (χ4n) is 5.65. The quantitative estimate of drug-likeness (QED) is 0.256. The smallest absolute Gasteiger partial charge is 0.327 e. The average molecular weight is 643 g/mol. The summed E-state index contributed by atoms with van der Waals surface area (Å²) in [5, 5.41) is 10.7. The molecular formula is C30H38Cl3N3O6. The first-order valence-electron chi connectivity index (χ1n) is 13.9. The number of hydrogen-bond donors (Lipinski definition) is 1. The zero-order valence-corrected chi connectivity index (χ0v) is 26.2. The predicted molar refractivity (Wildman–Crippen MR) is 164 cm³/mol. The molecule has 2 fully saturated rings. The molecule has 1 heterocycles. The van der Waals surface area contributed by atoms with Gasteiger partial charge in [-0.2, -0.15) is 0 Å². The molecule has 2 aromatic rings. The molecule has 9 nitrogen and oxygen atoms in total. The summed E-state index contributed by atoms with van der Waals surface area (Å²) >= 11 is 12.5. The highest BCUT2D eigenvalue weighted by Gasteiger charge is 2.33. The second-order valence-electron chi connectivity index (χ2n) is 10.7. The molecule has 0 spiro atoms. The molecular weight excluding hydrogens is 605 g/mol. The Morgan fingerprint density at radius 3 is 2.43 bits per heavy atom. The van der Waals surface area contributed by atoms with Crippen molar-refractivity contribution in [3.63, 3.8) is 0 Å². The van der Waals surface area contributed by atoms with Crippen molar-refractivity contribution >= 4 is 53.5 Å². The monoisotopic (exact) mass is 641 g/mol. The normalized spacial score (nSPS) is 16.5. The number of halogens is 3. The van der Waals surface area contributed by atoms with E-state index in [1.54, 1.807) is 32.4 Å². The number of carboxylic acid groups (broad SMARTS) is 1. The third-order valence-corrected chi connectivity index (χ3v) is 8.51. The van der Waals surface area contributed by atoms with Crippen LogP contribution in [-0.4, -0.2) is 78.1 Å². The molecule has 0 bridgehead atoms. The van der Waals surface area contributed by atoms with Crippen molar-refractivity contribution < 1.29 is 29.0 Å². The Kier molecular flexibility index (Phi) is 12.6. The molecule has 42 heavy (non-hydrogen) atoms. The molecule has 2 aromatic carbocycles.